The Balaban J connectivity index is 2.33. The third-order valence-corrected chi connectivity index (χ3v) is 1.49. The first-order valence-electron chi connectivity index (χ1n) is 3.08. The van der Waals surface area contributed by atoms with Crippen molar-refractivity contribution in [2.75, 3.05) is 13.1 Å². The highest BCUT2D eigenvalue weighted by atomic mass is 16.4. The van der Waals surface area contributed by atoms with Crippen molar-refractivity contribution in [3.8, 4) is 0 Å². The molecule has 2 unspecified atom stereocenters. The molecule has 0 aromatic carbocycles. The van der Waals surface area contributed by atoms with Gasteiger partial charge in [0.2, 0.25) is 0 Å². The quantitative estimate of drug-likeness (QED) is 0.366. The summed E-state index contributed by atoms with van der Waals surface area (Å²) in [4.78, 5) is 10.1. The van der Waals surface area contributed by atoms with Gasteiger partial charge in [-0.3, -0.25) is 0 Å². The van der Waals surface area contributed by atoms with Gasteiger partial charge < -0.3 is 20.8 Å². The smallest absolute Gasteiger partial charge is 0.405 e. The first kappa shape index (κ1) is 7.30. The monoisotopic (exact) mass is 146 g/mol. The Morgan fingerprint density at radius 1 is 1.60 bits per heavy atom. The van der Waals surface area contributed by atoms with Crippen LogP contribution in [0.3, 0.4) is 0 Å². The van der Waals surface area contributed by atoms with E-state index in [4.69, 9.17) is 10.2 Å². The van der Waals surface area contributed by atoms with Crippen molar-refractivity contribution >= 4 is 6.09 Å². The minimum Gasteiger partial charge on any atom is -0.465 e. The van der Waals surface area contributed by atoms with Gasteiger partial charge in [0, 0.05) is 13.1 Å². The van der Waals surface area contributed by atoms with E-state index in [2.05, 4.69) is 10.6 Å². The summed E-state index contributed by atoms with van der Waals surface area (Å²) in [5.41, 5.74) is 0. The molecule has 0 aromatic heterocycles. The topological polar surface area (TPSA) is 81.6 Å². The Hall–Kier alpha value is -0.810. The maximum absolute atomic E-state index is 10.1. The molecule has 1 aliphatic rings. The molecule has 58 valence electrons. The summed E-state index contributed by atoms with van der Waals surface area (Å²) in [5.74, 6) is 0. The lowest BCUT2D eigenvalue weighted by Crippen LogP contribution is -2.41. The minimum atomic E-state index is -1.09. The Labute approximate surface area is 58.0 Å². The minimum absolute atomic E-state index is 0.350. The number of β-amino-alcohol motifs (C(OH)–C–C–N with tert-alkyl or cyclic N) is 1. The Kier molecular flexibility index (Phi) is 2.08. The molecule has 0 spiro atoms. The van der Waals surface area contributed by atoms with E-state index in [9.17, 15) is 4.79 Å². The molecule has 0 aromatic rings. The van der Waals surface area contributed by atoms with Crippen LogP contribution < -0.4 is 10.6 Å². The molecule has 5 nitrogen and oxygen atoms in total. The largest absolute Gasteiger partial charge is 0.465 e. The molecule has 0 saturated carbocycles. The summed E-state index contributed by atoms with van der Waals surface area (Å²) in [6, 6.07) is -0.350. The molecule has 1 amide bonds. The van der Waals surface area contributed by atoms with E-state index in [0.29, 0.717) is 13.1 Å². The lowest BCUT2D eigenvalue weighted by molar-refractivity contribution is 0.148. The molecule has 5 heteroatoms. The van der Waals surface area contributed by atoms with Gasteiger partial charge in [-0.05, 0) is 0 Å². The zero-order valence-corrected chi connectivity index (χ0v) is 5.37. The van der Waals surface area contributed by atoms with Crippen molar-refractivity contribution in [3.05, 3.63) is 0 Å². The molecule has 0 bridgehead atoms. The van der Waals surface area contributed by atoms with Crippen molar-refractivity contribution in [2.24, 2.45) is 0 Å². The van der Waals surface area contributed by atoms with Gasteiger partial charge in [-0.1, -0.05) is 0 Å². The molecule has 1 aliphatic heterocycles. The molecule has 0 radical (unpaired) electrons. The highest BCUT2D eigenvalue weighted by Crippen LogP contribution is 1.97. The van der Waals surface area contributed by atoms with Crippen LogP contribution in [-0.4, -0.2) is 41.5 Å². The molecule has 0 aliphatic carbocycles. The van der Waals surface area contributed by atoms with Crippen molar-refractivity contribution in [3.63, 3.8) is 0 Å². The van der Waals surface area contributed by atoms with Crippen LogP contribution in [0.4, 0.5) is 4.79 Å². The highest BCUT2D eigenvalue weighted by molar-refractivity contribution is 5.65. The van der Waals surface area contributed by atoms with Gasteiger partial charge >= 0.3 is 6.09 Å². The zero-order valence-electron chi connectivity index (χ0n) is 5.37. The molecular formula is C5H10N2O3. The molecule has 4 N–H and O–H groups in total. The molecule has 1 heterocycles. The third-order valence-electron chi connectivity index (χ3n) is 1.49. The Morgan fingerprint density at radius 2 is 2.30 bits per heavy atom. The normalized spacial score (nSPS) is 32.1. The molecule has 2 atom stereocenters. The van der Waals surface area contributed by atoms with E-state index >= 15 is 0 Å². The summed E-state index contributed by atoms with van der Waals surface area (Å²) >= 11 is 0. The highest BCUT2D eigenvalue weighted by Gasteiger charge is 2.25. The standard InChI is InChI=1S/C5H10N2O3/c8-4-2-6-1-3(4)7-5(9)10/h3-4,6-8H,1-2H2,(H,9,10). The number of amides is 1. The Morgan fingerprint density at radius 3 is 2.70 bits per heavy atom. The fourth-order valence-electron chi connectivity index (χ4n) is 0.971. The summed E-state index contributed by atoms with van der Waals surface area (Å²) in [6.07, 6.45) is -1.68. The first-order valence-corrected chi connectivity index (χ1v) is 3.08. The summed E-state index contributed by atoms with van der Waals surface area (Å²) in [7, 11) is 0. The maximum atomic E-state index is 10.1. The van der Waals surface area contributed by atoms with E-state index in [1.165, 1.54) is 0 Å². The Bertz CT molecular complexity index is 139. The lowest BCUT2D eigenvalue weighted by Gasteiger charge is -2.11. The molecule has 1 fully saturated rings. The SMILES string of the molecule is O=C(O)NC1CNCC1O. The molecule has 1 saturated heterocycles. The predicted molar refractivity (Wildman–Crippen MR) is 33.8 cm³/mol. The lowest BCUT2D eigenvalue weighted by atomic mass is 10.2. The van der Waals surface area contributed by atoms with Gasteiger partial charge in [-0.2, -0.15) is 0 Å². The van der Waals surface area contributed by atoms with Crippen molar-refractivity contribution in [1.82, 2.24) is 10.6 Å². The summed E-state index contributed by atoms with van der Waals surface area (Å²) in [6.45, 7) is 0.971. The van der Waals surface area contributed by atoms with Gasteiger partial charge in [0.05, 0.1) is 12.1 Å². The van der Waals surface area contributed by atoms with Gasteiger partial charge in [0.1, 0.15) is 0 Å². The van der Waals surface area contributed by atoms with Crippen molar-refractivity contribution in [1.29, 1.82) is 0 Å². The number of hydrogen-bond acceptors (Lipinski definition) is 3. The number of nitrogens with one attached hydrogen (secondary N) is 2. The van der Waals surface area contributed by atoms with Crippen LogP contribution in [0.25, 0.3) is 0 Å². The van der Waals surface area contributed by atoms with E-state index in [1.807, 2.05) is 0 Å². The second kappa shape index (κ2) is 2.85. The number of carbonyl (C=O) groups is 1. The van der Waals surface area contributed by atoms with Gasteiger partial charge in [0.15, 0.2) is 0 Å². The van der Waals surface area contributed by atoms with E-state index < -0.39 is 12.2 Å². The van der Waals surface area contributed by atoms with E-state index in [-0.39, 0.29) is 6.04 Å². The number of aliphatic hydroxyl groups excluding tert-OH is 1. The predicted octanol–water partition coefficient (Wildman–Crippen LogP) is -1.41. The third kappa shape index (κ3) is 1.58. The first-order chi connectivity index (χ1) is 4.70. The van der Waals surface area contributed by atoms with Crippen LogP contribution in [0.2, 0.25) is 0 Å². The van der Waals surface area contributed by atoms with Crippen molar-refractivity contribution < 1.29 is 15.0 Å². The van der Waals surface area contributed by atoms with Gasteiger partial charge in [-0.25, -0.2) is 4.79 Å². The van der Waals surface area contributed by atoms with Gasteiger partial charge in [-0.15, -0.1) is 0 Å². The second-order valence-corrected chi connectivity index (χ2v) is 2.28. The second-order valence-electron chi connectivity index (χ2n) is 2.28. The van der Waals surface area contributed by atoms with Gasteiger partial charge in [0.25, 0.3) is 0 Å². The van der Waals surface area contributed by atoms with Crippen LogP contribution in [0, 0.1) is 0 Å². The van der Waals surface area contributed by atoms with Crippen molar-refractivity contribution in [2.45, 2.75) is 12.1 Å². The van der Waals surface area contributed by atoms with Crippen LogP contribution in [-0.2, 0) is 0 Å². The number of aliphatic hydroxyl groups is 1. The molecule has 1 rings (SSSR count). The summed E-state index contributed by atoms with van der Waals surface area (Å²) < 4.78 is 0. The van der Waals surface area contributed by atoms with E-state index in [1.54, 1.807) is 0 Å². The molecular weight excluding hydrogens is 136 g/mol. The number of carboxylic acid groups (broad SMARTS) is 1. The van der Waals surface area contributed by atoms with Crippen LogP contribution in [0.5, 0.6) is 0 Å². The fraction of sp³-hybridized carbons (Fsp3) is 0.800. The zero-order chi connectivity index (χ0) is 7.56. The molecule has 10 heavy (non-hydrogen) atoms. The average molecular weight is 146 g/mol. The summed E-state index contributed by atoms with van der Waals surface area (Å²) in [5, 5.41) is 22.3. The number of hydrogen-bond donors (Lipinski definition) is 4. The number of rotatable bonds is 1. The average Bonchev–Trinajstić information content (AvgIpc) is 2.15. The van der Waals surface area contributed by atoms with Crippen LogP contribution >= 0.6 is 0 Å². The fourth-order valence-corrected chi connectivity index (χ4v) is 0.971. The van der Waals surface area contributed by atoms with Crippen LogP contribution in [0.1, 0.15) is 0 Å². The van der Waals surface area contributed by atoms with Crippen LogP contribution in [0.15, 0.2) is 0 Å². The van der Waals surface area contributed by atoms with E-state index in [0.717, 1.165) is 0 Å². The maximum Gasteiger partial charge on any atom is 0.405 e.